The van der Waals surface area contributed by atoms with Crippen LogP contribution in [0.5, 0.6) is 0 Å². The van der Waals surface area contributed by atoms with Gasteiger partial charge in [-0.05, 0) is 49.6 Å². The van der Waals surface area contributed by atoms with E-state index >= 15 is 0 Å². The molecule has 0 radical (unpaired) electrons. The number of ether oxygens (including phenoxy) is 1. The van der Waals surface area contributed by atoms with Crippen LogP contribution in [0.2, 0.25) is 0 Å². The Morgan fingerprint density at radius 2 is 2.00 bits per heavy atom. The number of fused-ring (bicyclic) bond motifs is 1. The predicted octanol–water partition coefficient (Wildman–Crippen LogP) is 2.75. The molecule has 2 unspecified atom stereocenters. The number of hydrogen-bond acceptors (Lipinski definition) is 4. The fraction of sp³-hybridized carbons (Fsp3) is 0.444. The Balaban J connectivity index is 1.90. The first-order valence-electron chi connectivity index (χ1n) is 7.95. The van der Waals surface area contributed by atoms with Crippen LogP contribution in [0.3, 0.4) is 0 Å². The summed E-state index contributed by atoms with van der Waals surface area (Å²) in [5, 5.41) is 9.95. The van der Waals surface area contributed by atoms with Crippen molar-refractivity contribution in [3.8, 4) is 0 Å². The van der Waals surface area contributed by atoms with Crippen LogP contribution in [0, 0.1) is 13.8 Å². The fourth-order valence-corrected chi connectivity index (χ4v) is 3.24. The Hall–Kier alpha value is -2.34. The molecule has 1 fully saturated rings. The van der Waals surface area contributed by atoms with Gasteiger partial charge in [0.2, 0.25) is 0 Å². The van der Waals surface area contributed by atoms with E-state index in [1.54, 1.807) is 18.1 Å². The summed E-state index contributed by atoms with van der Waals surface area (Å²) in [6, 6.07) is 5.25. The molecule has 24 heavy (non-hydrogen) atoms. The van der Waals surface area contributed by atoms with E-state index < -0.39 is 5.97 Å². The summed E-state index contributed by atoms with van der Waals surface area (Å²) in [5.41, 5.74) is 2.89. The van der Waals surface area contributed by atoms with Crippen LogP contribution < -0.4 is 0 Å². The highest BCUT2D eigenvalue weighted by atomic mass is 16.5. The molecule has 1 aromatic heterocycles. The molecule has 1 aromatic carbocycles. The van der Waals surface area contributed by atoms with Crippen LogP contribution >= 0.6 is 0 Å². The zero-order valence-electron chi connectivity index (χ0n) is 14.0. The largest absolute Gasteiger partial charge is 0.481 e. The van der Waals surface area contributed by atoms with Gasteiger partial charge in [-0.25, -0.2) is 0 Å². The average Bonchev–Trinajstić information content (AvgIpc) is 3.10. The SMILES string of the molecule is COC1CC(CC(=O)O)N(C(=O)c2cc3cc(C)c(C)cc3o2)C1. The van der Waals surface area contributed by atoms with Gasteiger partial charge in [-0.15, -0.1) is 0 Å². The average molecular weight is 331 g/mol. The van der Waals surface area contributed by atoms with Crippen molar-refractivity contribution in [1.29, 1.82) is 0 Å². The highest BCUT2D eigenvalue weighted by Gasteiger charge is 2.38. The smallest absolute Gasteiger partial charge is 0.305 e. The maximum atomic E-state index is 12.8. The Morgan fingerprint density at radius 1 is 1.29 bits per heavy atom. The predicted molar refractivity (Wildman–Crippen MR) is 88.2 cm³/mol. The number of hydrogen-bond donors (Lipinski definition) is 1. The molecule has 128 valence electrons. The highest BCUT2D eigenvalue weighted by molar-refractivity contribution is 5.97. The quantitative estimate of drug-likeness (QED) is 0.932. The summed E-state index contributed by atoms with van der Waals surface area (Å²) < 4.78 is 11.0. The number of nitrogens with zero attached hydrogens (tertiary/aromatic N) is 1. The molecule has 1 saturated heterocycles. The molecule has 1 amide bonds. The van der Waals surface area contributed by atoms with Crippen molar-refractivity contribution in [3.05, 3.63) is 35.1 Å². The minimum Gasteiger partial charge on any atom is -0.481 e. The molecule has 6 nitrogen and oxygen atoms in total. The zero-order chi connectivity index (χ0) is 17.4. The van der Waals surface area contributed by atoms with E-state index in [-0.39, 0.29) is 30.2 Å². The number of benzene rings is 1. The number of carbonyl (C=O) groups is 2. The summed E-state index contributed by atoms with van der Waals surface area (Å²) in [4.78, 5) is 25.4. The Labute approximate surface area is 140 Å². The van der Waals surface area contributed by atoms with Gasteiger partial charge < -0.3 is 19.2 Å². The van der Waals surface area contributed by atoms with E-state index in [1.165, 1.54) is 0 Å². The Bertz CT molecular complexity index is 755. The lowest BCUT2D eigenvalue weighted by Gasteiger charge is -2.21. The molecule has 1 N–H and O–H groups in total. The maximum absolute atomic E-state index is 12.8. The van der Waals surface area contributed by atoms with E-state index in [2.05, 4.69) is 0 Å². The number of likely N-dealkylation sites (tertiary alicyclic amines) is 1. The molecule has 3 rings (SSSR count). The van der Waals surface area contributed by atoms with Crippen LogP contribution in [-0.2, 0) is 9.53 Å². The summed E-state index contributed by atoms with van der Waals surface area (Å²) in [5.74, 6) is -0.972. The van der Waals surface area contributed by atoms with Crippen LogP contribution in [0.1, 0.15) is 34.5 Å². The van der Waals surface area contributed by atoms with Crippen LogP contribution in [-0.4, -0.2) is 47.7 Å². The van der Waals surface area contributed by atoms with Crippen molar-refractivity contribution >= 4 is 22.8 Å². The van der Waals surface area contributed by atoms with Gasteiger partial charge in [0, 0.05) is 25.1 Å². The number of furan rings is 1. The topological polar surface area (TPSA) is 80.0 Å². The van der Waals surface area contributed by atoms with Crippen molar-refractivity contribution in [2.75, 3.05) is 13.7 Å². The number of methoxy groups -OCH3 is 1. The third kappa shape index (κ3) is 3.01. The van der Waals surface area contributed by atoms with Crippen molar-refractivity contribution in [1.82, 2.24) is 4.90 Å². The first kappa shape index (κ1) is 16.5. The molecule has 2 heterocycles. The van der Waals surface area contributed by atoms with Crippen LogP contribution in [0.25, 0.3) is 11.0 Å². The molecule has 1 aliphatic heterocycles. The van der Waals surface area contributed by atoms with Crippen LogP contribution in [0.15, 0.2) is 22.6 Å². The van der Waals surface area contributed by atoms with Gasteiger partial charge in [0.05, 0.1) is 12.5 Å². The normalized spacial score (nSPS) is 20.7. The van der Waals surface area contributed by atoms with Crippen molar-refractivity contribution in [3.63, 3.8) is 0 Å². The number of rotatable bonds is 4. The number of amides is 1. The zero-order valence-corrected chi connectivity index (χ0v) is 14.0. The highest BCUT2D eigenvalue weighted by Crippen LogP contribution is 2.28. The monoisotopic (exact) mass is 331 g/mol. The lowest BCUT2D eigenvalue weighted by atomic mass is 10.1. The molecule has 6 heteroatoms. The minimum atomic E-state index is -0.926. The number of aliphatic carboxylic acids is 1. The van der Waals surface area contributed by atoms with Crippen LogP contribution in [0.4, 0.5) is 0 Å². The van der Waals surface area contributed by atoms with E-state index in [4.69, 9.17) is 14.3 Å². The van der Waals surface area contributed by atoms with Gasteiger partial charge in [0.15, 0.2) is 5.76 Å². The number of carboxylic acids is 1. The van der Waals surface area contributed by atoms with Crippen molar-refractivity contribution in [2.24, 2.45) is 0 Å². The first-order valence-corrected chi connectivity index (χ1v) is 7.95. The number of carboxylic acid groups (broad SMARTS) is 1. The van der Waals surface area contributed by atoms with Gasteiger partial charge in [-0.1, -0.05) is 0 Å². The van der Waals surface area contributed by atoms with Crippen molar-refractivity contribution < 1.29 is 23.8 Å². The minimum absolute atomic E-state index is 0.0932. The van der Waals surface area contributed by atoms with Gasteiger partial charge in [-0.3, -0.25) is 9.59 Å². The summed E-state index contributed by atoms with van der Waals surface area (Å²) in [6.45, 7) is 4.38. The summed E-state index contributed by atoms with van der Waals surface area (Å²) >= 11 is 0. The van der Waals surface area contributed by atoms with E-state index in [0.29, 0.717) is 18.5 Å². The van der Waals surface area contributed by atoms with E-state index in [1.807, 2.05) is 26.0 Å². The molecular formula is C18H21NO5. The molecule has 1 aliphatic rings. The summed E-state index contributed by atoms with van der Waals surface area (Å²) in [7, 11) is 1.57. The molecular weight excluding hydrogens is 310 g/mol. The molecule has 2 atom stereocenters. The standard InChI is InChI=1S/C18H21NO5/c1-10-4-12-6-16(24-15(12)5-11(10)2)18(22)19-9-14(23-3)7-13(19)8-17(20)21/h4-6,13-14H,7-9H2,1-3H3,(H,20,21). The van der Waals surface area contributed by atoms with Gasteiger partial charge in [0.25, 0.3) is 5.91 Å². The van der Waals surface area contributed by atoms with Gasteiger partial charge in [0.1, 0.15) is 5.58 Å². The maximum Gasteiger partial charge on any atom is 0.305 e. The molecule has 0 spiro atoms. The van der Waals surface area contributed by atoms with Gasteiger partial charge in [-0.2, -0.15) is 0 Å². The third-order valence-corrected chi connectivity index (χ3v) is 4.72. The Kier molecular flexibility index (Phi) is 4.32. The fourth-order valence-electron chi connectivity index (χ4n) is 3.24. The molecule has 0 saturated carbocycles. The van der Waals surface area contributed by atoms with E-state index in [9.17, 15) is 9.59 Å². The molecule has 0 aliphatic carbocycles. The summed E-state index contributed by atoms with van der Waals surface area (Å²) in [6.07, 6.45) is 0.281. The van der Waals surface area contributed by atoms with Crippen molar-refractivity contribution in [2.45, 2.75) is 38.8 Å². The Morgan fingerprint density at radius 3 is 2.67 bits per heavy atom. The second-order valence-corrected chi connectivity index (χ2v) is 6.39. The second kappa shape index (κ2) is 6.28. The number of carbonyl (C=O) groups excluding carboxylic acids is 1. The van der Waals surface area contributed by atoms with Gasteiger partial charge >= 0.3 is 5.97 Å². The number of aryl methyl sites for hydroxylation is 2. The lowest BCUT2D eigenvalue weighted by Crippen LogP contribution is -2.37. The molecule has 0 bridgehead atoms. The second-order valence-electron chi connectivity index (χ2n) is 6.39. The van der Waals surface area contributed by atoms with E-state index in [0.717, 1.165) is 16.5 Å². The molecule has 2 aromatic rings. The first-order chi connectivity index (χ1) is 11.4. The third-order valence-electron chi connectivity index (χ3n) is 4.72. The lowest BCUT2D eigenvalue weighted by molar-refractivity contribution is -0.138.